The molecule has 5 heteroatoms. The number of ether oxygens (including phenoxy) is 1. The summed E-state index contributed by atoms with van der Waals surface area (Å²) in [7, 11) is 0. The Kier molecular flexibility index (Phi) is 5.50. The van der Waals surface area contributed by atoms with Crippen LogP contribution in [-0.4, -0.2) is 49.7 Å². The van der Waals surface area contributed by atoms with E-state index in [9.17, 15) is 4.79 Å². The molecule has 0 bridgehead atoms. The summed E-state index contributed by atoms with van der Waals surface area (Å²) in [5.41, 5.74) is 1.12. The molecule has 0 aromatic carbocycles. The van der Waals surface area contributed by atoms with Gasteiger partial charge in [0.2, 0.25) is 5.91 Å². The Morgan fingerprint density at radius 3 is 3.00 bits per heavy atom. The predicted molar refractivity (Wildman–Crippen MR) is 89.1 cm³/mol. The lowest BCUT2D eigenvalue weighted by molar-refractivity contribution is -0.121. The van der Waals surface area contributed by atoms with Gasteiger partial charge >= 0.3 is 0 Å². The van der Waals surface area contributed by atoms with Crippen molar-refractivity contribution in [2.45, 2.75) is 32.2 Å². The summed E-state index contributed by atoms with van der Waals surface area (Å²) in [6.45, 7) is 6.67. The molecule has 22 heavy (non-hydrogen) atoms. The number of rotatable bonds is 8. The van der Waals surface area contributed by atoms with Gasteiger partial charge in [0, 0.05) is 32.3 Å². The summed E-state index contributed by atoms with van der Waals surface area (Å²) in [6.07, 6.45) is 3.18. The molecule has 1 amide bonds. The summed E-state index contributed by atoms with van der Waals surface area (Å²) in [4.78, 5) is 14.7. The monoisotopic (exact) mass is 322 g/mol. The van der Waals surface area contributed by atoms with E-state index in [2.05, 4.69) is 15.6 Å². The molecule has 1 aliphatic heterocycles. The van der Waals surface area contributed by atoms with Crippen LogP contribution in [0.4, 0.5) is 0 Å². The van der Waals surface area contributed by atoms with Crippen LogP contribution in [-0.2, 0) is 16.0 Å². The summed E-state index contributed by atoms with van der Waals surface area (Å²) in [6, 6.07) is 2.35. The van der Waals surface area contributed by atoms with Crippen LogP contribution in [0, 0.1) is 11.8 Å². The molecular formula is C17H26N2O2S. The van der Waals surface area contributed by atoms with Gasteiger partial charge in [-0.2, -0.15) is 11.3 Å². The third-order valence-electron chi connectivity index (χ3n) is 4.72. The molecule has 1 aromatic rings. The van der Waals surface area contributed by atoms with E-state index in [0.717, 1.165) is 44.3 Å². The minimum absolute atomic E-state index is 0.167. The number of amides is 1. The maximum atomic E-state index is 12.3. The lowest BCUT2D eigenvalue weighted by Gasteiger charge is -2.19. The average Bonchev–Trinajstić information content (AvgIpc) is 3.07. The molecule has 4 nitrogen and oxygen atoms in total. The Bertz CT molecular complexity index is 473. The molecule has 0 radical (unpaired) electrons. The Morgan fingerprint density at radius 1 is 1.45 bits per heavy atom. The summed E-state index contributed by atoms with van der Waals surface area (Å²) < 4.78 is 5.47. The number of carbonyl (C=O) groups is 1. The smallest absolute Gasteiger partial charge is 0.224 e. The minimum Gasteiger partial charge on any atom is -0.380 e. The van der Waals surface area contributed by atoms with E-state index in [1.807, 2.05) is 18.4 Å². The number of hydrogen-bond acceptors (Lipinski definition) is 4. The molecule has 2 heterocycles. The van der Waals surface area contributed by atoms with Crippen molar-refractivity contribution in [2.75, 3.05) is 32.8 Å². The predicted octanol–water partition coefficient (Wildman–Crippen LogP) is 2.15. The molecule has 1 aliphatic carbocycles. The lowest BCUT2D eigenvalue weighted by atomic mass is 9.98. The van der Waals surface area contributed by atoms with E-state index in [1.165, 1.54) is 12.8 Å². The van der Waals surface area contributed by atoms with Crippen molar-refractivity contribution >= 4 is 17.2 Å². The first kappa shape index (κ1) is 16.0. The third kappa shape index (κ3) is 4.31. The van der Waals surface area contributed by atoms with Crippen molar-refractivity contribution < 1.29 is 9.53 Å². The lowest BCUT2D eigenvalue weighted by Crippen LogP contribution is -2.42. The van der Waals surface area contributed by atoms with Crippen LogP contribution in [0.25, 0.3) is 0 Å². The van der Waals surface area contributed by atoms with Gasteiger partial charge in [0.05, 0.1) is 13.0 Å². The van der Waals surface area contributed by atoms with Crippen LogP contribution < -0.4 is 5.32 Å². The standard InChI is InChI=1S/C17H26N2O2S/c1-2-21-7-6-19-10-15(14-3-4-14)16(11-19)18-17(20)9-13-5-8-22-12-13/h5,8,12,14-16H,2-4,6-7,9-11H2,1H3,(H,18,20)/t15-,16+/m1/s1. The highest BCUT2D eigenvalue weighted by molar-refractivity contribution is 7.07. The topological polar surface area (TPSA) is 41.6 Å². The van der Waals surface area contributed by atoms with E-state index in [-0.39, 0.29) is 5.91 Å². The maximum absolute atomic E-state index is 12.3. The van der Waals surface area contributed by atoms with Gasteiger partial charge in [-0.1, -0.05) is 0 Å². The van der Waals surface area contributed by atoms with Crippen LogP contribution in [0.5, 0.6) is 0 Å². The third-order valence-corrected chi connectivity index (χ3v) is 5.45. The highest BCUT2D eigenvalue weighted by atomic mass is 32.1. The number of nitrogens with zero attached hydrogens (tertiary/aromatic N) is 1. The molecule has 0 spiro atoms. The largest absolute Gasteiger partial charge is 0.380 e. The molecule has 122 valence electrons. The second kappa shape index (κ2) is 7.57. The van der Waals surface area contributed by atoms with E-state index >= 15 is 0 Å². The molecule has 1 aromatic heterocycles. The van der Waals surface area contributed by atoms with Crippen LogP contribution in [0.1, 0.15) is 25.3 Å². The van der Waals surface area contributed by atoms with Gasteiger partial charge in [-0.3, -0.25) is 9.69 Å². The van der Waals surface area contributed by atoms with Crippen LogP contribution in [0.2, 0.25) is 0 Å². The Labute approximate surface area is 136 Å². The Balaban J connectivity index is 1.50. The molecule has 1 saturated heterocycles. The van der Waals surface area contributed by atoms with Gasteiger partial charge in [0.15, 0.2) is 0 Å². The number of hydrogen-bond donors (Lipinski definition) is 1. The molecule has 1 N–H and O–H groups in total. The SMILES string of the molecule is CCOCCN1C[C@H](NC(=O)Cc2ccsc2)[C@@H](C2CC2)C1. The zero-order valence-corrected chi connectivity index (χ0v) is 14.1. The molecular weight excluding hydrogens is 296 g/mol. The number of nitrogens with one attached hydrogen (secondary N) is 1. The number of thiophene rings is 1. The fourth-order valence-electron chi connectivity index (χ4n) is 3.43. The van der Waals surface area contributed by atoms with Gasteiger partial charge in [-0.25, -0.2) is 0 Å². The van der Waals surface area contributed by atoms with Gasteiger partial charge in [0.1, 0.15) is 0 Å². The quantitative estimate of drug-likeness (QED) is 0.746. The fraction of sp³-hybridized carbons (Fsp3) is 0.706. The van der Waals surface area contributed by atoms with Crippen molar-refractivity contribution in [3.05, 3.63) is 22.4 Å². The van der Waals surface area contributed by atoms with Gasteiger partial charge in [-0.15, -0.1) is 0 Å². The first-order valence-corrected chi connectivity index (χ1v) is 9.31. The van der Waals surface area contributed by atoms with Gasteiger partial charge < -0.3 is 10.1 Å². The van der Waals surface area contributed by atoms with E-state index in [0.29, 0.717) is 18.4 Å². The van der Waals surface area contributed by atoms with Gasteiger partial charge in [-0.05, 0) is 54.0 Å². The van der Waals surface area contributed by atoms with Crippen LogP contribution in [0.15, 0.2) is 16.8 Å². The van der Waals surface area contributed by atoms with E-state index in [1.54, 1.807) is 11.3 Å². The van der Waals surface area contributed by atoms with E-state index < -0.39 is 0 Å². The fourth-order valence-corrected chi connectivity index (χ4v) is 4.09. The van der Waals surface area contributed by atoms with Crippen molar-refractivity contribution in [1.82, 2.24) is 10.2 Å². The van der Waals surface area contributed by atoms with Gasteiger partial charge in [0.25, 0.3) is 0 Å². The summed E-state index contributed by atoms with van der Waals surface area (Å²) in [5, 5.41) is 7.38. The first-order chi connectivity index (χ1) is 10.8. The summed E-state index contributed by atoms with van der Waals surface area (Å²) >= 11 is 1.65. The minimum atomic E-state index is 0.167. The molecule has 2 atom stereocenters. The zero-order valence-electron chi connectivity index (χ0n) is 13.3. The molecule has 2 aliphatic rings. The second-order valence-corrected chi connectivity index (χ2v) is 7.22. The Hall–Kier alpha value is -0.910. The Morgan fingerprint density at radius 2 is 2.32 bits per heavy atom. The number of carbonyl (C=O) groups excluding carboxylic acids is 1. The molecule has 3 rings (SSSR count). The average molecular weight is 322 g/mol. The highest BCUT2D eigenvalue weighted by Gasteiger charge is 2.42. The van der Waals surface area contributed by atoms with Crippen LogP contribution in [0.3, 0.4) is 0 Å². The highest BCUT2D eigenvalue weighted by Crippen LogP contribution is 2.41. The summed E-state index contributed by atoms with van der Waals surface area (Å²) in [5.74, 6) is 1.62. The van der Waals surface area contributed by atoms with Crippen molar-refractivity contribution in [3.8, 4) is 0 Å². The number of likely N-dealkylation sites (tertiary alicyclic amines) is 1. The molecule has 1 saturated carbocycles. The first-order valence-electron chi connectivity index (χ1n) is 8.36. The van der Waals surface area contributed by atoms with Crippen molar-refractivity contribution in [3.63, 3.8) is 0 Å². The normalized spacial score (nSPS) is 25.5. The van der Waals surface area contributed by atoms with Crippen LogP contribution >= 0.6 is 11.3 Å². The zero-order chi connectivity index (χ0) is 15.4. The van der Waals surface area contributed by atoms with Crippen molar-refractivity contribution in [1.29, 1.82) is 0 Å². The second-order valence-electron chi connectivity index (χ2n) is 6.44. The maximum Gasteiger partial charge on any atom is 0.224 e. The molecule has 2 fully saturated rings. The van der Waals surface area contributed by atoms with E-state index in [4.69, 9.17) is 4.74 Å². The molecule has 0 unspecified atom stereocenters. The van der Waals surface area contributed by atoms with Crippen molar-refractivity contribution in [2.24, 2.45) is 11.8 Å².